The molecule has 0 unspecified atom stereocenters. The topological polar surface area (TPSA) is 77.5 Å². The summed E-state index contributed by atoms with van der Waals surface area (Å²) in [6.45, 7) is 0. The maximum absolute atomic E-state index is 11.9. The highest BCUT2D eigenvalue weighted by Crippen LogP contribution is 2.29. The Kier molecular flexibility index (Phi) is 3.42. The summed E-state index contributed by atoms with van der Waals surface area (Å²) in [5, 5.41) is 6.35. The van der Waals surface area contributed by atoms with Gasteiger partial charge in [-0.2, -0.15) is 0 Å². The lowest BCUT2D eigenvalue weighted by molar-refractivity contribution is 0.0993. The molecule has 0 aliphatic rings. The van der Waals surface area contributed by atoms with E-state index in [-0.39, 0.29) is 11.6 Å². The van der Waals surface area contributed by atoms with E-state index in [1.165, 1.54) is 6.26 Å². The second kappa shape index (κ2) is 5.54. The van der Waals surface area contributed by atoms with Crippen LogP contribution in [0.15, 0.2) is 57.8 Å². The normalized spacial score (nSPS) is 10.3. The molecule has 1 N–H and O–H groups in total. The van der Waals surface area contributed by atoms with Crippen LogP contribution in [0.25, 0.3) is 11.1 Å². The van der Waals surface area contributed by atoms with Crippen molar-refractivity contribution in [2.45, 2.75) is 0 Å². The number of benzene rings is 1. The molecule has 1 aromatic carbocycles. The minimum absolute atomic E-state index is 0.201. The maximum Gasteiger partial charge on any atom is 0.293 e. The number of rotatable bonds is 4. The highest BCUT2D eigenvalue weighted by Gasteiger charge is 2.16. The van der Waals surface area contributed by atoms with Gasteiger partial charge in [0.25, 0.3) is 5.91 Å². The van der Waals surface area contributed by atoms with Crippen LogP contribution in [-0.2, 0) is 0 Å². The Hall–Kier alpha value is -3.02. The summed E-state index contributed by atoms with van der Waals surface area (Å²) in [6, 6.07) is 10.6. The lowest BCUT2D eigenvalue weighted by atomic mass is 10.1. The SMILES string of the molecule is COc1ccc(-c2cnoc2NC(=O)c2ccco2)cc1. The van der Waals surface area contributed by atoms with Crippen molar-refractivity contribution in [3.8, 4) is 16.9 Å². The molecule has 2 aromatic heterocycles. The van der Waals surface area contributed by atoms with Crippen LogP contribution >= 0.6 is 0 Å². The third-order valence-electron chi connectivity index (χ3n) is 2.94. The highest BCUT2D eigenvalue weighted by molar-refractivity contribution is 6.03. The number of hydrogen-bond acceptors (Lipinski definition) is 5. The van der Waals surface area contributed by atoms with E-state index in [4.69, 9.17) is 13.7 Å². The predicted molar refractivity (Wildman–Crippen MR) is 75.2 cm³/mol. The summed E-state index contributed by atoms with van der Waals surface area (Å²) in [5.41, 5.74) is 1.53. The fourth-order valence-corrected chi connectivity index (χ4v) is 1.88. The minimum atomic E-state index is -0.397. The maximum atomic E-state index is 11.9. The fourth-order valence-electron chi connectivity index (χ4n) is 1.88. The number of nitrogens with one attached hydrogen (secondary N) is 1. The van der Waals surface area contributed by atoms with Gasteiger partial charge in [0, 0.05) is 0 Å². The van der Waals surface area contributed by atoms with E-state index in [1.54, 1.807) is 25.4 Å². The first kappa shape index (κ1) is 13.0. The van der Waals surface area contributed by atoms with Crippen LogP contribution in [-0.4, -0.2) is 18.2 Å². The van der Waals surface area contributed by atoms with Crippen LogP contribution in [0.3, 0.4) is 0 Å². The van der Waals surface area contributed by atoms with Crippen LogP contribution in [0, 0.1) is 0 Å². The largest absolute Gasteiger partial charge is 0.497 e. The number of hydrogen-bond donors (Lipinski definition) is 1. The molecule has 0 saturated heterocycles. The molecule has 0 bridgehead atoms. The highest BCUT2D eigenvalue weighted by atomic mass is 16.5. The third kappa shape index (κ3) is 2.64. The molecular formula is C15H12N2O4. The first-order valence-electron chi connectivity index (χ1n) is 6.22. The van der Waals surface area contributed by atoms with Gasteiger partial charge in [-0.1, -0.05) is 17.3 Å². The number of nitrogens with zero attached hydrogens (tertiary/aromatic N) is 1. The van der Waals surface area contributed by atoms with Crippen molar-refractivity contribution in [1.29, 1.82) is 0 Å². The van der Waals surface area contributed by atoms with Crippen molar-refractivity contribution >= 4 is 11.8 Å². The number of aromatic nitrogens is 1. The fraction of sp³-hybridized carbons (Fsp3) is 0.0667. The van der Waals surface area contributed by atoms with Gasteiger partial charge in [-0.05, 0) is 29.8 Å². The monoisotopic (exact) mass is 284 g/mol. The van der Waals surface area contributed by atoms with Crippen LogP contribution < -0.4 is 10.1 Å². The summed E-state index contributed by atoms with van der Waals surface area (Å²) in [7, 11) is 1.60. The summed E-state index contributed by atoms with van der Waals surface area (Å²) in [4.78, 5) is 11.9. The van der Waals surface area contributed by atoms with E-state index in [0.29, 0.717) is 5.56 Å². The van der Waals surface area contributed by atoms with Crippen LogP contribution in [0.5, 0.6) is 5.75 Å². The summed E-state index contributed by atoms with van der Waals surface area (Å²) >= 11 is 0. The van der Waals surface area contributed by atoms with Gasteiger partial charge in [0.15, 0.2) is 5.76 Å². The molecule has 21 heavy (non-hydrogen) atoms. The van der Waals surface area contributed by atoms with Crippen molar-refractivity contribution in [3.63, 3.8) is 0 Å². The van der Waals surface area contributed by atoms with E-state index in [9.17, 15) is 4.79 Å². The molecule has 6 heteroatoms. The van der Waals surface area contributed by atoms with E-state index in [0.717, 1.165) is 11.3 Å². The van der Waals surface area contributed by atoms with Crippen molar-refractivity contribution in [3.05, 3.63) is 54.6 Å². The Balaban J connectivity index is 1.85. The molecule has 0 aliphatic carbocycles. The number of carbonyl (C=O) groups excluding carboxylic acids is 1. The molecule has 6 nitrogen and oxygen atoms in total. The molecular weight excluding hydrogens is 272 g/mol. The number of anilines is 1. The second-order valence-corrected chi connectivity index (χ2v) is 4.23. The standard InChI is InChI=1S/C15H12N2O4/c1-19-11-6-4-10(5-7-11)12-9-16-21-15(12)17-14(18)13-3-2-8-20-13/h2-9H,1H3,(H,17,18). The first-order valence-corrected chi connectivity index (χ1v) is 6.22. The Bertz CT molecular complexity index is 729. The van der Waals surface area contributed by atoms with Gasteiger partial charge in [0.2, 0.25) is 5.88 Å². The quantitative estimate of drug-likeness (QED) is 0.796. The minimum Gasteiger partial charge on any atom is -0.497 e. The van der Waals surface area contributed by atoms with E-state index < -0.39 is 5.91 Å². The number of carbonyl (C=O) groups is 1. The summed E-state index contributed by atoms with van der Waals surface area (Å²) < 4.78 is 15.2. The molecule has 0 radical (unpaired) electrons. The van der Waals surface area contributed by atoms with Gasteiger partial charge >= 0.3 is 0 Å². The van der Waals surface area contributed by atoms with Crippen molar-refractivity contribution in [2.75, 3.05) is 12.4 Å². The molecule has 3 rings (SSSR count). The Labute approximate surface area is 120 Å². The first-order chi connectivity index (χ1) is 10.3. The number of furan rings is 1. The van der Waals surface area contributed by atoms with E-state index in [1.807, 2.05) is 24.3 Å². The number of methoxy groups -OCH3 is 1. The Morgan fingerprint density at radius 2 is 2.05 bits per heavy atom. The number of amides is 1. The third-order valence-corrected chi connectivity index (χ3v) is 2.94. The van der Waals surface area contributed by atoms with Crippen LogP contribution in [0.4, 0.5) is 5.88 Å². The molecule has 0 aliphatic heterocycles. The van der Waals surface area contributed by atoms with Gasteiger partial charge in [-0.3, -0.25) is 10.1 Å². The predicted octanol–water partition coefficient (Wildman–Crippen LogP) is 3.20. The van der Waals surface area contributed by atoms with Gasteiger partial charge in [0.05, 0.1) is 25.1 Å². The average molecular weight is 284 g/mol. The summed E-state index contributed by atoms with van der Waals surface area (Å²) in [6.07, 6.45) is 2.97. The molecule has 2 heterocycles. The van der Waals surface area contributed by atoms with E-state index >= 15 is 0 Å². The average Bonchev–Trinajstić information content (AvgIpc) is 3.19. The van der Waals surface area contributed by atoms with Gasteiger partial charge in [-0.15, -0.1) is 0 Å². The molecule has 106 valence electrons. The van der Waals surface area contributed by atoms with Crippen LogP contribution in [0.2, 0.25) is 0 Å². The van der Waals surface area contributed by atoms with Crippen molar-refractivity contribution in [1.82, 2.24) is 5.16 Å². The lowest BCUT2D eigenvalue weighted by Crippen LogP contribution is -2.10. The zero-order valence-corrected chi connectivity index (χ0v) is 11.2. The van der Waals surface area contributed by atoms with E-state index in [2.05, 4.69) is 10.5 Å². The molecule has 0 spiro atoms. The number of ether oxygens (including phenoxy) is 1. The van der Waals surface area contributed by atoms with Gasteiger partial charge < -0.3 is 13.7 Å². The second-order valence-electron chi connectivity index (χ2n) is 4.23. The zero-order chi connectivity index (χ0) is 14.7. The molecule has 1 amide bonds. The molecule has 3 aromatic rings. The van der Waals surface area contributed by atoms with Crippen LogP contribution in [0.1, 0.15) is 10.6 Å². The smallest absolute Gasteiger partial charge is 0.293 e. The van der Waals surface area contributed by atoms with Crippen molar-refractivity contribution < 1.29 is 18.5 Å². The molecule has 0 atom stereocenters. The Morgan fingerprint density at radius 3 is 2.71 bits per heavy atom. The summed E-state index contributed by atoms with van der Waals surface area (Å²) in [5.74, 6) is 0.816. The molecule has 0 fully saturated rings. The van der Waals surface area contributed by atoms with Crippen molar-refractivity contribution in [2.24, 2.45) is 0 Å². The Morgan fingerprint density at radius 1 is 1.24 bits per heavy atom. The lowest BCUT2D eigenvalue weighted by Gasteiger charge is -2.04. The van der Waals surface area contributed by atoms with Gasteiger partial charge in [0.1, 0.15) is 5.75 Å². The zero-order valence-electron chi connectivity index (χ0n) is 11.2. The molecule has 0 saturated carbocycles. The van der Waals surface area contributed by atoms with Gasteiger partial charge in [-0.25, -0.2) is 0 Å².